The van der Waals surface area contributed by atoms with Gasteiger partial charge in [-0.1, -0.05) is 12.1 Å². The predicted octanol–water partition coefficient (Wildman–Crippen LogP) is 0.651. The largest absolute Gasteiger partial charge is 0.463 e. The lowest BCUT2D eigenvalue weighted by Gasteiger charge is -2.08. The van der Waals surface area contributed by atoms with Crippen LogP contribution in [-0.4, -0.2) is 29.8 Å². The number of aliphatic hydroxyl groups is 1. The number of carbonyl (C=O) groups is 2. The van der Waals surface area contributed by atoms with Gasteiger partial charge in [0, 0.05) is 6.42 Å². The number of ether oxygens (including phenoxy) is 2. The third-order valence-corrected chi connectivity index (χ3v) is 2.51. The van der Waals surface area contributed by atoms with Crippen molar-refractivity contribution in [3.8, 4) is 0 Å². The summed E-state index contributed by atoms with van der Waals surface area (Å²) in [5, 5.41) is 8.85. The molecule has 1 aliphatic heterocycles. The van der Waals surface area contributed by atoms with Gasteiger partial charge in [-0.15, -0.1) is 0 Å². The number of esters is 2. The summed E-state index contributed by atoms with van der Waals surface area (Å²) >= 11 is 0. The number of rotatable bonds is 3. The first kappa shape index (κ1) is 11.6. The van der Waals surface area contributed by atoms with Crippen LogP contribution in [0.25, 0.3) is 0 Å². The van der Waals surface area contributed by atoms with E-state index < -0.39 is 18.0 Å². The molecule has 0 unspecified atom stereocenters. The summed E-state index contributed by atoms with van der Waals surface area (Å²) in [6.07, 6.45) is -0.390. The first-order valence-corrected chi connectivity index (χ1v) is 5.28. The molecule has 0 amide bonds. The van der Waals surface area contributed by atoms with Crippen molar-refractivity contribution < 1.29 is 24.2 Å². The van der Waals surface area contributed by atoms with Gasteiger partial charge in [0.05, 0.1) is 18.8 Å². The van der Waals surface area contributed by atoms with Gasteiger partial charge in [0.2, 0.25) is 6.10 Å². The third-order valence-electron chi connectivity index (χ3n) is 2.51. The Morgan fingerprint density at radius 2 is 2.12 bits per heavy atom. The fourth-order valence-electron chi connectivity index (χ4n) is 1.53. The number of benzene rings is 1. The average molecular weight is 236 g/mol. The minimum Gasteiger partial charge on any atom is -0.463 e. The number of carbonyl (C=O) groups excluding carboxylic acids is 2. The molecular weight excluding hydrogens is 224 g/mol. The van der Waals surface area contributed by atoms with Crippen LogP contribution in [0, 0.1) is 0 Å². The van der Waals surface area contributed by atoms with Crippen LogP contribution in [0.4, 0.5) is 0 Å². The van der Waals surface area contributed by atoms with Gasteiger partial charge in [-0.05, 0) is 17.7 Å². The molecule has 0 aliphatic carbocycles. The highest BCUT2D eigenvalue weighted by molar-refractivity contribution is 5.91. The maximum absolute atomic E-state index is 11.7. The lowest BCUT2D eigenvalue weighted by Crippen LogP contribution is -2.22. The smallest absolute Gasteiger partial charge is 0.347 e. The van der Waals surface area contributed by atoms with Gasteiger partial charge in [-0.3, -0.25) is 0 Å². The van der Waals surface area contributed by atoms with Crippen LogP contribution < -0.4 is 0 Å². The zero-order chi connectivity index (χ0) is 12.3. The standard InChI is InChI=1S/C12H12O5/c13-7-8-1-3-9(4-2-8)11(14)17-10-5-6-16-12(10)15/h1-4,10,13H,5-7H2/t10-/m1/s1. The summed E-state index contributed by atoms with van der Waals surface area (Å²) < 4.78 is 9.70. The first-order chi connectivity index (χ1) is 8.20. The van der Waals surface area contributed by atoms with Gasteiger partial charge in [0.25, 0.3) is 0 Å². The normalized spacial score (nSPS) is 18.9. The van der Waals surface area contributed by atoms with E-state index in [2.05, 4.69) is 4.74 Å². The Kier molecular flexibility index (Phi) is 3.39. The Bertz CT molecular complexity index is 423. The Labute approximate surface area is 98.0 Å². The maximum atomic E-state index is 11.7. The van der Waals surface area contributed by atoms with Gasteiger partial charge in [-0.25, -0.2) is 9.59 Å². The van der Waals surface area contributed by atoms with Crippen molar-refractivity contribution in [2.24, 2.45) is 0 Å². The SMILES string of the molecule is O=C(O[C@@H]1CCOC1=O)c1ccc(CO)cc1. The summed E-state index contributed by atoms with van der Waals surface area (Å²) in [7, 11) is 0. The second kappa shape index (κ2) is 4.97. The maximum Gasteiger partial charge on any atom is 0.347 e. The topological polar surface area (TPSA) is 72.8 Å². The highest BCUT2D eigenvalue weighted by Crippen LogP contribution is 2.13. The molecule has 1 fully saturated rings. The Morgan fingerprint density at radius 1 is 1.41 bits per heavy atom. The molecule has 2 rings (SSSR count). The van der Waals surface area contributed by atoms with Crippen LogP contribution in [0.2, 0.25) is 0 Å². The molecule has 0 spiro atoms. The Morgan fingerprint density at radius 3 is 2.65 bits per heavy atom. The highest BCUT2D eigenvalue weighted by Gasteiger charge is 2.30. The van der Waals surface area contributed by atoms with Crippen LogP contribution in [0.15, 0.2) is 24.3 Å². The summed E-state index contributed by atoms with van der Waals surface area (Å²) in [5.74, 6) is -1.05. The molecule has 1 N–H and O–H groups in total. The molecular formula is C12H12O5. The van der Waals surface area contributed by atoms with Crippen molar-refractivity contribution in [3.05, 3.63) is 35.4 Å². The molecule has 90 valence electrons. The third kappa shape index (κ3) is 2.62. The highest BCUT2D eigenvalue weighted by atomic mass is 16.6. The monoisotopic (exact) mass is 236 g/mol. The van der Waals surface area contributed by atoms with E-state index in [1.807, 2.05) is 0 Å². The molecule has 1 aliphatic rings. The van der Waals surface area contributed by atoms with E-state index in [0.717, 1.165) is 0 Å². The predicted molar refractivity (Wildman–Crippen MR) is 57.1 cm³/mol. The number of hydrogen-bond donors (Lipinski definition) is 1. The molecule has 0 bridgehead atoms. The van der Waals surface area contributed by atoms with Crippen molar-refractivity contribution in [2.75, 3.05) is 6.61 Å². The summed E-state index contributed by atoms with van der Waals surface area (Å²) in [6, 6.07) is 6.36. The van der Waals surface area contributed by atoms with Gasteiger partial charge in [-0.2, -0.15) is 0 Å². The average Bonchev–Trinajstić information content (AvgIpc) is 2.75. The van der Waals surface area contributed by atoms with Gasteiger partial charge >= 0.3 is 11.9 Å². The van der Waals surface area contributed by atoms with Crippen LogP contribution in [0.5, 0.6) is 0 Å². The molecule has 1 saturated heterocycles. The molecule has 1 heterocycles. The van der Waals surface area contributed by atoms with Crippen LogP contribution in [0.3, 0.4) is 0 Å². The molecule has 17 heavy (non-hydrogen) atoms. The van der Waals surface area contributed by atoms with Gasteiger partial charge in [0.1, 0.15) is 0 Å². The summed E-state index contributed by atoms with van der Waals surface area (Å²) in [4.78, 5) is 22.8. The minimum absolute atomic E-state index is 0.0791. The van der Waals surface area contributed by atoms with Gasteiger partial charge < -0.3 is 14.6 Å². The quantitative estimate of drug-likeness (QED) is 0.780. The van der Waals surface area contributed by atoms with Crippen molar-refractivity contribution in [3.63, 3.8) is 0 Å². The zero-order valence-corrected chi connectivity index (χ0v) is 9.09. The van der Waals surface area contributed by atoms with E-state index >= 15 is 0 Å². The van der Waals surface area contributed by atoms with E-state index in [1.165, 1.54) is 0 Å². The number of hydrogen-bond acceptors (Lipinski definition) is 5. The molecule has 1 atom stereocenters. The summed E-state index contributed by atoms with van der Waals surface area (Å²) in [6.45, 7) is 0.213. The Hall–Kier alpha value is -1.88. The van der Waals surface area contributed by atoms with E-state index in [1.54, 1.807) is 24.3 Å². The molecule has 5 nitrogen and oxygen atoms in total. The molecule has 1 aromatic carbocycles. The van der Waals surface area contributed by atoms with Crippen LogP contribution in [0.1, 0.15) is 22.3 Å². The lowest BCUT2D eigenvalue weighted by atomic mass is 10.1. The van der Waals surface area contributed by atoms with Crippen molar-refractivity contribution >= 4 is 11.9 Å². The number of cyclic esters (lactones) is 1. The molecule has 5 heteroatoms. The molecule has 0 radical (unpaired) electrons. The minimum atomic E-state index is -0.792. The molecule has 0 aromatic heterocycles. The number of aliphatic hydroxyl groups excluding tert-OH is 1. The second-order valence-corrected chi connectivity index (χ2v) is 3.71. The zero-order valence-electron chi connectivity index (χ0n) is 9.09. The Balaban J connectivity index is 2.01. The molecule has 0 saturated carbocycles. The van der Waals surface area contributed by atoms with Crippen LogP contribution in [-0.2, 0) is 20.9 Å². The fourth-order valence-corrected chi connectivity index (χ4v) is 1.53. The second-order valence-electron chi connectivity index (χ2n) is 3.71. The van der Waals surface area contributed by atoms with Crippen LogP contribution >= 0.6 is 0 Å². The van der Waals surface area contributed by atoms with E-state index in [9.17, 15) is 9.59 Å². The van der Waals surface area contributed by atoms with Crippen molar-refractivity contribution in [1.82, 2.24) is 0 Å². The van der Waals surface area contributed by atoms with Crippen molar-refractivity contribution in [1.29, 1.82) is 0 Å². The summed E-state index contributed by atoms with van der Waals surface area (Å²) in [5.41, 5.74) is 1.06. The molecule has 1 aromatic rings. The lowest BCUT2D eigenvalue weighted by molar-refractivity contribution is -0.145. The first-order valence-electron chi connectivity index (χ1n) is 5.28. The van der Waals surface area contributed by atoms with E-state index in [0.29, 0.717) is 24.2 Å². The van der Waals surface area contributed by atoms with Crippen molar-refractivity contribution in [2.45, 2.75) is 19.1 Å². The van der Waals surface area contributed by atoms with E-state index in [4.69, 9.17) is 9.84 Å². The fraction of sp³-hybridized carbons (Fsp3) is 0.333. The van der Waals surface area contributed by atoms with Gasteiger partial charge in [0.15, 0.2) is 0 Å². The van der Waals surface area contributed by atoms with E-state index in [-0.39, 0.29) is 6.61 Å².